The molecular weight excluding hydrogens is 509 g/mol. The monoisotopic (exact) mass is 512 g/mol. The van der Waals surface area contributed by atoms with E-state index >= 15 is 0 Å². The van der Waals surface area contributed by atoms with E-state index in [-0.39, 0.29) is 7.05 Å². The Balaban J connectivity index is 6.93. The Morgan fingerprint density at radius 1 is 0.467 bits per heavy atom. The van der Waals surface area contributed by atoms with E-state index in [2.05, 4.69) is 0 Å². The summed E-state index contributed by atoms with van der Waals surface area (Å²) in [5.41, 5.74) is 0. The molecule has 0 aliphatic rings. The second-order valence-corrected chi connectivity index (χ2v) is 6.95. The number of sulfonamides is 1. The summed E-state index contributed by atoms with van der Waals surface area (Å²) >= 11 is 0. The lowest BCUT2D eigenvalue weighted by atomic mass is 9.91. The molecule has 0 aromatic carbocycles. The molecule has 0 fully saturated rings. The smallest absolute Gasteiger partial charge is 0.460 e. The van der Waals surface area contributed by atoms with Gasteiger partial charge in [-0.05, 0) is 0 Å². The quantitative estimate of drug-likeness (QED) is 0.416. The lowest BCUT2D eigenvalue weighted by Gasteiger charge is -2.43. The van der Waals surface area contributed by atoms with Crippen molar-refractivity contribution in [2.75, 3.05) is 7.05 Å². The van der Waals surface area contributed by atoms with Gasteiger partial charge in [0.15, 0.2) is 0 Å². The van der Waals surface area contributed by atoms with Gasteiger partial charge in [-0.1, -0.05) is 0 Å². The molecule has 30 heavy (non-hydrogen) atoms. The fraction of sp³-hybridized carbons (Fsp3) is 1.00. The third-order valence-electron chi connectivity index (χ3n) is 3.26. The number of nitrogens with zero attached hydrogens (tertiary/aromatic N) is 1. The second kappa shape index (κ2) is 6.86. The fourth-order valence-corrected chi connectivity index (χ4v) is 2.11. The molecule has 0 atom stereocenters. The van der Waals surface area contributed by atoms with E-state index in [0.717, 1.165) is 0 Å². The first-order valence-electron chi connectivity index (χ1n) is 6.13. The van der Waals surface area contributed by atoms with Gasteiger partial charge in [-0.25, -0.2) is 8.42 Å². The van der Waals surface area contributed by atoms with Crippen LogP contribution >= 0.6 is 0 Å². The van der Waals surface area contributed by atoms with Crippen molar-refractivity contribution in [3.8, 4) is 0 Å². The predicted molar refractivity (Wildman–Crippen MR) is 58.9 cm³/mol. The van der Waals surface area contributed by atoms with Crippen molar-refractivity contribution < 1.29 is 83.1 Å². The average Bonchev–Trinajstić information content (AvgIpc) is 2.52. The highest BCUT2D eigenvalue weighted by Gasteiger charge is 2.95. The minimum Gasteiger partial charge on any atom is -0.546 e. The summed E-state index contributed by atoms with van der Waals surface area (Å²) in [6, 6.07) is 0. The maximum absolute atomic E-state index is 13.2. The summed E-state index contributed by atoms with van der Waals surface area (Å²) in [4.78, 5) is 0. The van der Waals surface area contributed by atoms with Crippen molar-refractivity contribution in [1.29, 1.82) is 0 Å². The molecule has 0 aromatic rings. The van der Waals surface area contributed by atoms with Crippen molar-refractivity contribution in [2.45, 2.75) is 47.0 Å². The molecule has 0 aromatic heterocycles. The largest absolute Gasteiger partial charge is 0.546 e. The molecule has 0 aliphatic carbocycles. The Labute approximate surface area is 153 Å². The highest BCUT2D eigenvalue weighted by molar-refractivity contribution is 7.95. The van der Waals surface area contributed by atoms with E-state index in [4.69, 9.17) is 0 Å². The van der Waals surface area contributed by atoms with Gasteiger partial charge in [0, 0.05) is 0 Å². The van der Waals surface area contributed by atoms with Crippen LogP contribution in [0, 0.1) is 0 Å². The molecule has 0 saturated carbocycles. The van der Waals surface area contributed by atoms with E-state index in [1.54, 1.807) is 0 Å². The zero-order valence-corrected chi connectivity index (χ0v) is 13.9. The van der Waals surface area contributed by atoms with Crippen molar-refractivity contribution in [3.05, 3.63) is 4.72 Å². The first-order chi connectivity index (χ1) is 12.6. The maximum atomic E-state index is 13.2. The number of hydrogen-bond acceptors (Lipinski definition) is 2. The van der Waals surface area contributed by atoms with Gasteiger partial charge < -0.3 is 4.72 Å². The lowest BCUT2D eigenvalue weighted by molar-refractivity contribution is -0.458. The predicted octanol–water partition coefficient (Wildman–Crippen LogP) is 5.29. The number of halogens is 17. The zero-order chi connectivity index (χ0) is 25.2. The Morgan fingerprint density at radius 3 is 0.933 bits per heavy atom. The zero-order valence-electron chi connectivity index (χ0n) is 13.1. The molecule has 0 radical (unpaired) electrons. The van der Waals surface area contributed by atoms with Crippen LogP contribution in [0.25, 0.3) is 4.72 Å². The molecule has 0 aliphatic heterocycles. The van der Waals surface area contributed by atoms with Crippen LogP contribution in [-0.2, 0) is 10.0 Å². The van der Waals surface area contributed by atoms with Crippen LogP contribution in [0.15, 0.2) is 0 Å². The first-order valence-corrected chi connectivity index (χ1v) is 7.57. The van der Waals surface area contributed by atoms with Crippen LogP contribution in [0.4, 0.5) is 74.6 Å². The van der Waals surface area contributed by atoms with E-state index in [1.165, 1.54) is 4.72 Å². The van der Waals surface area contributed by atoms with Gasteiger partial charge in [0.05, 0.1) is 0 Å². The number of alkyl halides is 17. The fourth-order valence-electron chi connectivity index (χ4n) is 1.43. The van der Waals surface area contributed by atoms with Crippen LogP contribution < -0.4 is 0 Å². The Hall–Kier alpha value is -1.28. The molecule has 0 amide bonds. The molecule has 21 heteroatoms. The topological polar surface area (TPSA) is 48.2 Å². The van der Waals surface area contributed by atoms with E-state index < -0.39 is 57.0 Å². The molecule has 0 N–H and O–H groups in total. The van der Waals surface area contributed by atoms with Crippen LogP contribution in [0.2, 0.25) is 0 Å². The minimum absolute atomic E-state index is 0.345. The Morgan fingerprint density at radius 2 is 0.700 bits per heavy atom. The van der Waals surface area contributed by atoms with Crippen LogP contribution in [-0.4, -0.2) is 62.4 Å². The van der Waals surface area contributed by atoms with Gasteiger partial charge in [0.1, 0.15) is 10.0 Å². The molecule has 0 rings (SSSR count). The molecule has 3 nitrogen and oxygen atoms in total. The van der Waals surface area contributed by atoms with Crippen LogP contribution in [0.3, 0.4) is 0 Å². The summed E-state index contributed by atoms with van der Waals surface area (Å²) in [5, 5.41) is -7.56. The van der Waals surface area contributed by atoms with E-state index in [0.29, 0.717) is 0 Å². The third-order valence-corrected chi connectivity index (χ3v) is 4.64. The summed E-state index contributed by atoms with van der Waals surface area (Å²) < 4.78 is 240. The van der Waals surface area contributed by atoms with Crippen LogP contribution in [0.1, 0.15) is 0 Å². The third kappa shape index (κ3) is 3.25. The van der Waals surface area contributed by atoms with Crippen molar-refractivity contribution in [3.63, 3.8) is 0 Å². The second-order valence-electron chi connectivity index (χ2n) is 5.12. The number of rotatable bonds is 8. The SMILES string of the molecule is C[N-]S(=O)(=O)C(F)(F)C(F)(F)C(F)(F)C(F)(F)C(F)(F)C(F)(F)C(F)(F)C(F)(F)F. The Kier molecular flexibility index (Phi) is 6.57. The molecule has 0 bridgehead atoms. The van der Waals surface area contributed by atoms with Crippen molar-refractivity contribution in [1.82, 2.24) is 0 Å². The molecule has 0 unspecified atom stereocenters. The summed E-state index contributed by atoms with van der Waals surface area (Å²) in [6.07, 6.45) is -7.86. The normalized spacial score (nSPS) is 16.7. The molecule has 0 saturated heterocycles. The highest BCUT2D eigenvalue weighted by Crippen LogP contribution is 2.64. The van der Waals surface area contributed by atoms with Gasteiger partial charge in [-0.3, -0.25) is 0 Å². The van der Waals surface area contributed by atoms with E-state index in [1.807, 2.05) is 0 Å². The molecular formula is C9H3F17NO2S-. The first kappa shape index (κ1) is 28.7. The van der Waals surface area contributed by atoms with E-state index in [9.17, 15) is 83.1 Å². The number of hydrogen-bond donors (Lipinski definition) is 0. The molecule has 0 heterocycles. The maximum Gasteiger partial charge on any atom is 0.460 e. The average molecular weight is 512 g/mol. The Bertz CT molecular complexity index is 752. The van der Waals surface area contributed by atoms with Gasteiger partial charge in [0.25, 0.3) is 0 Å². The molecule has 0 spiro atoms. The lowest BCUT2D eigenvalue weighted by Crippen LogP contribution is -2.74. The summed E-state index contributed by atoms with van der Waals surface area (Å²) in [5.74, 6) is -51.5. The van der Waals surface area contributed by atoms with Gasteiger partial charge in [-0.15, -0.1) is 0 Å². The van der Waals surface area contributed by atoms with Crippen molar-refractivity contribution in [2.24, 2.45) is 0 Å². The van der Waals surface area contributed by atoms with Crippen molar-refractivity contribution >= 4 is 10.0 Å². The van der Waals surface area contributed by atoms with Gasteiger partial charge >= 0.3 is 47.0 Å². The summed E-state index contributed by atoms with van der Waals surface area (Å²) in [6.45, 7) is 0. The van der Waals surface area contributed by atoms with Gasteiger partial charge in [-0.2, -0.15) is 81.7 Å². The highest BCUT2D eigenvalue weighted by atomic mass is 32.2. The standard InChI is InChI=1S/C9H3F17NO2S/c1-27-30(28,29)9(25,26)7(20,21)5(16,17)3(12,13)2(10,11)4(14,15)6(18,19)8(22,23)24/h1H3/q-1. The molecule has 182 valence electrons. The minimum atomic E-state index is -8.83. The van der Waals surface area contributed by atoms with Gasteiger partial charge in [0.2, 0.25) is 0 Å². The van der Waals surface area contributed by atoms with Crippen LogP contribution in [0.5, 0.6) is 0 Å². The summed E-state index contributed by atoms with van der Waals surface area (Å²) in [7, 11) is -7.61.